The number of rotatable bonds is 3. The highest BCUT2D eigenvalue weighted by Crippen LogP contribution is 2.46. The largest absolute Gasteiger partial charge is 0.480 e. The molecule has 1 saturated carbocycles. The molecule has 2 fully saturated rings. The summed E-state index contributed by atoms with van der Waals surface area (Å²) in [7, 11) is 0. The number of anilines is 1. The number of carboxylic acid groups (broad SMARTS) is 1. The molecule has 1 saturated heterocycles. The second-order valence-electron chi connectivity index (χ2n) is 5.72. The number of carbonyl (C=O) groups is 2. The number of nitrogens with zero attached hydrogens (tertiary/aromatic N) is 1. The van der Waals surface area contributed by atoms with E-state index in [1.807, 2.05) is 13.0 Å². The van der Waals surface area contributed by atoms with Gasteiger partial charge in [0.05, 0.1) is 10.9 Å². The highest BCUT2D eigenvalue weighted by molar-refractivity contribution is 8.00. The number of hydrogen-bond acceptors (Lipinski definition) is 4. The summed E-state index contributed by atoms with van der Waals surface area (Å²) in [4.78, 5) is 25.8. The van der Waals surface area contributed by atoms with Gasteiger partial charge in [0, 0.05) is 11.4 Å². The Morgan fingerprint density at radius 2 is 2.10 bits per heavy atom. The van der Waals surface area contributed by atoms with E-state index in [-0.39, 0.29) is 11.3 Å². The van der Waals surface area contributed by atoms with Crippen LogP contribution in [0.15, 0.2) is 18.2 Å². The monoisotopic (exact) mass is 306 g/mol. The molecule has 5 nitrogen and oxygen atoms in total. The molecule has 0 radical (unpaired) electrons. The quantitative estimate of drug-likeness (QED) is 0.834. The summed E-state index contributed by atoms with van der Waals surface area (Å²) in [5.74, 6) is -0.321. The average Bonchev–Trinajstić information content (AvgIpc) is 3.19. The topological polar surface area (TPSA) is 83.6 Å². The van der Waals surface area contributed by atoms with E-state index in [9.17, 15) is 14.7 Å². The van der Waals surface area contributed by atoms with Gasteiger partial charge in [-0.05, 0) is 37.8 Å². The van der Waals surface area contributed by atoms with E-state index in [1.54, 1.807) is 23.9 Å². The highest BCUT2D eigenvalue weighted by Gasteiger charge is 2.48. The third-order valence-electron chi connectivity index (χ3n) is 4.02. The first kappa shape index (κ1) is 14.3. The summed E-state index contributed by atoms with van der Waals surface area (Å²) in [6.07, 6.45) is 2.13. The maximum absolute atomic E-state index is 12.8. The second-order valence-corrected chi connectivity index (χ2v) is 6.87. The Morgan fingerprint density at radius 3 is 2.71 bits per heavy atom. The number of thioether (sulfide) groups is 1. The van der Waals surface area contributed by atoms with Crippen LogP contribution in [0.25, 0.3) is 0 Å². The minimum Gasteiger partial charge on any atom is -0.480 e. The molecule has 2 aliphatic rings. The van der Waals surface area contributed by atoms with Crippen LogP contribution in [-0.2, 0) is 4.79 Å². The number of hydrogen-bond donors (Lipinski definition) is 2. The fraction of sp³-hybridized carbons (Fsp3) is 0.467. The van der Waals surface area contributed by atoms with Crippen molar-refractivity contribution in [2.45, 2.75) is 31.2 Å². The number of aliphatic carboxylic acids is 1. The SMILES string of the molecule is Cc1ccc(N)c(C(=O)N2C(C(=O)O)CSC2C2CC2)c1. The molecule has 0 bridgehead atoms. The molecule has 0 aromatic heterocycles. The number of carboxylic acids is 1. The molecule has 1 amide bonds. The molecule has 6 heteroatoms. The van der Waals surface area contributed by atoms with Gasteiger partial charge in [-0.2, -0.15) is 0 Å². The van der Waals surface area contributed by atoms with E-state index in [0.29, 0.717) is 22.9 Å². The van der Waals surface area contributed by atoms with Crippen LogP contribution in [0.3, 0.4) is 0 Å². The van der Waals surface area contributed by atoms with E-state index in [0.717, 1.165) is 18.4 Å². The van der Waals surface area contributed by atoms with E-state index >= 15 is 0 Å². The summed E-state index contributed by atoms with van der Waals surface area (Å²) >= 11 is 1.57. The van der Waals surface area contributed by atoms with Crippen molar-refractivity contribution < 1.29 is 14.7 Å². The summed E-state index contributed by atoms with van der Waals surface area (Å²) in [6.45, 7) is 1.89. The minimum absolute atomic E-state index is 0.0292. The van der Waals surface area contributed by atoms with Gasteiger partial charge in [-0.25, -0.2) is 4.79 Å². The number of nitrogens with two attached hydrogens (primary N) is 1. The van der Waals surface area contributed by atoms with Crippen LogP contribution in [0, 0.1) is 12.8 Å². The van der Waals surface area contributed by atoms with Crippen molar-refractivity contribution in [1.29, 1.82) is 0 Å². The maximum atomic E-state index is 12.8. The molecule has 112 valence electrons. The Labute approximate surface area is 127 Å². The van der Waals surface area contributed by atoms with Gasteiger partial charge < -0.3 is 15.7 Å². The molecular weight excluding hydrogens is 288 g/mol. The van der Waals surface area contributed by atoms with Crippen molar-refractivity contribution in [2.75, 3.05) is 11.5 Å². The Hall–Kier alpha value is -1.69. The summed E-state index contributed by atoms with van der Waals surface area (Å²) in [6, 6.07) is 4.53. The van der Waals surface area contributed by atoms with Crippen molar-refractivity contribution in [2.24, 2.45) is 5.92 Å². The van der Waals surface area contributed by atoms with Crippen molar-refractivity contribution in [3.8, 4) is 0 Å². The summed E-state index contributed by atoms with van der Waals surface area (Å²) in [5, 5.41) is 9.36. The molecule has 0 spiro atoms. The predicted octanol–water partition coefficient (Wildman–Crippen LogP) is 1.96. The van der Waals surface area contributed by atoms with E-state index in [4.69, 9.17) is 5.73 Å². The standard InChI is InChI=1S/C15H18N2O3S/c1-8-2-5-11(16)10(6-8)13(18)17-12(15(19)20)7-21-14(17)9-3-4-9/h2,5-6,9,12,14H,3-4,7,16H2,1H3,(H,19,20). The van der Waals surface area contributed by atoms with Gasteiger partial charge in [-0.3, -0.25) is 4.79 Å². The smallest absolute Gasteiger partial charge is 0.327 e. The zero-order valence-electron chi connectivity index (χ0n) is 11.8. The Kier molecular flexibility index (Phi) is 3.57. The third-order valence-corrected chi connectivity index (χ3v) is 5.48. The molecule has 1 aliphatic heterocycles. The van der Waals surface area contributed by atoms with Gasteiger partial charge in [0.25, 0.3) is 5.91 Å². The average molecular weight is 306 g/mol. The second kappa shape index (κ2) is 5.26. The summed E-state index contributed by atoms with van der Waals surface area (Å²) < 4.78 is 0. The lowest BCUT2D eigenvalue weighted by Crippen LogP contribution is -2.46. The molecule has 2 unspecified atom stereocenters. The van der Waals surface area contributed by atoms with Gasteiger partial charge in [0.1, 0.15) is 6.04 Å². The van der Waals surface area contributed by atoms with E-state index in [1.165, 1.54) is 4.90 Å². The van der Waals surface area contributed by atoms with Gasteiger partial charge in [-0.1, -0.05) is 11.6 Å². The van der Waals surface area contributed by atoms with E-state index in [2.05, 4.69) is 0 Å². The van der Waals surface area contributed by atoms with Gasteiger partial charge >= 0.3 is 5.97 Å². The Balaban J connectivity index is 1.95. The fourth-order valence-electron chi connectivity index (χ4n) is 2.71. The molecule has 3 N–H and O–H groups in total. The molecular formula is C15H18N2O3S. The molecule has 1 aliphatic carbocycles. The van der Waals surface area contributed by atoms with Crippen molar-refractivity contribution >= 4 is 29.3 Å². The number of nitrogen functional groups attached to an aromatic ring is 1. The molecule has 3 rings (SSSR count). The minimum atomic E-state index is -0.940. The van der Waals surface area contributed by atoms with Crippen LogP contribution in [0.2, 0.25) is 0 Å². The predicted molar refractivity (Wildman–Crippen MR) is 82.2 cm³/mol. The number of aryl methyl sites for hydroxylation is 1. The Bertz CT molecular complexity index is 601. The normalized spacial score (nSPS) is 25.1. The van der Waals surface area contributed by atoms with Crippen LogP contribution in [0.4, 0.5) is 5.69 Å². The lowest BCUT2D eigenvalue weighted by atomic mass is 10.1. The summed E-state index contributed by atoms with van der Waals surface area (Å²) in [5.41, 5.74) is 7.67. The first-order valence-electron chi connectivity index (χ1n) is 7.02. The molecule has 1 heterocycles. The van der Waals surface area contributed by atoms with Crippen molar-refractivity contribution in [1.82, 2.24) is 4.90 Å². The van der Waals surface area contributed by atoms with Crippen molar-refractivity contribution in [3.05, 3.63) is 29.3 Å². The van der Waals surface area contributed by atoms with Crippen LogP contribution in [0.5, 0.6) is 0 Å². The van der Waals surface area contributed by atoms with Gasteiger partial charge in [0.15, 0.2) is 0 Å². The molecule has 2 atom stereocenters. The Morgan fingerprint density at radius 1 is 1.38 bits per heavy atom. The number of carbonyl (C=O) groups excluding carboxylic acids is 1. The van der Waals surface area contributed by atoms with Crippen LogP contribution in [0.1, 0.15) is 28.8 Å². The third kappa shape index (κ3) is 2.60. The first-order valence-corrected chi connectivity index (χ1v) is 8.07. The molecule has 1 aromatic carbocycles. The van der Waals surface area contributed by atoms with E-state index < -0.39 is 12.0 Å². The number of benzene rings is 1. The first-order chi connectivity index (χ1) is 9.99. The molecule has 1 aromatic rings. The lowest BCUT2D eigenvalue weighted by Gasteiger charge is -2.28. The van der Waals surface area contributed by atoms with Crippen molar-refractivity contribution in [3.63, 3.8) is 0 Å². The lowest BCUT2D eigenvalue weighted by molar-refractivity contribution is -0.141. The molecule has 21 heavy (non-hydrogen) atoms. The van der Waals surface area contributed by atoms with Crippen LogP contribution in [-0.4, -0.2) is 39.1 Å². The zero-order valence-corrected chi connectivity index (χ0v) is 12.6. The fourth-order valence-corrected chi connectivity index (χ4v) is 4.34. The van der Waals surface area contributed by atoms with Crippen LogP contribution < -0.4 is 5.73 Å². The maximum Gasteiger partial charge on any atom is 0.327 e. The van der Waals surface area contributed by atoms with Gasteiger partial charge in [0.2, 0.25) is 0 Å². The van der Waals surface area contributed by atoms with Gasteiger partial charge in [-0.15, -0.1) is 11.8 Å². The van der Waals surface area contributed by atoms with Crippen LogP contribution >= 0.6 is 11.8 Å². The highest BCUT2D eigenvalue weighted by atomic mass is 32.2. The zero-order chi connectivity index (χ0) is 15.1. The number of amides is 1.